The van der Waals surface area contributed by atoms with E-state index >= 15 is 0 Å². The van der Waals surface area contributed by atoms with E-state index in [-0.39, 0.29) is 11.8 Å². The van der Waals surface area contributed by atoms with E-state index in [1.165, 1.54) is 0 Å². The van der Waals surface area contributed by atoms with E-state index in [2.05, 4.69) is 5.32 Å². The smallest absolute Gasteiger partial charge is 0.230 e. The monoisotopic (exact) mass is 365 g/mol. The van der Waals surface area contributed by atoms with Crippen LogP contribution in [0.2, 0.25) is 0 Å². The summed E-state index contributed by atoms with van der Waals surface area (Å²) in [7, 11) is 0. The summed E-state index contributed by atoms with van der Waals surface area (Å²) in [6.45, 7) is 2.54. The highest BCUT2D eigenvalue weighted by atomic mass is 35.5. The molecule has 126 valence electrons. The molecule has 1 aliphatic rings. The minimum atomic E-state index is -0.949. The van der Waals surface area contributed by atoms with Crippen LogP contribution in [0.1, 0.15) is 13.3 Å². The molecule has 0 saturated heterocycles. The van der Waals surface area contributed by atoms with Crippen molar-refractivity contribution in [2.45, 2.75) is 17.7 Å². The van der Waals surface area contributed by atoms with Crippen LogP contribution in [0.5, 0.6) is 17.2 Å². The van der Waals surface area contributed by atoms with Gasteiger partial charge < -0.3 is 14.8 Å². The van der Waals surface area contributed by atoms with E-state index in [4.69, 9.17) is 32.7 Å². The molecule has 0 radical (unpaired) electrons. The minimum absolute atomic E-state index is 0.206. The number of halogens is 2. The molecular formula is C18H17Cl2NO3. The fourth-order valence-electron chi connectivity index (χ4n) is 2.27. The largest absolute Gasteiger partial charge is 0.494 e. The molecule has 0 heterocycles. The van der Waals surface area contributed by atoms with Gasteiger partial charge in [-0.25, -0.2) is 0 Å². The molecule has 2 aromatic carbocycles. The summed E-state index contributed by atoms with van der Waals surface area (Å²) in [6.07, 6.45) is 0.462. The van der Waals surface area contributed by atoms with Gasteiger partial charge in [-0.2, -0.15) is 0 Å². The Hall–Kier alpha value is -1.91. The van der Waals surface area contributed by atoms with Crippen molar-refractivity contribution < 1.29 is 14.3 Å². The van der Waals surface area contributed by atoms with Crippen molar-refractivity contribution in [2.24, 2.45) is 5.92 Å². The van der Waals surface area contributed by atoms with Gasteiger partial charge >= 0.3 is 0 Å². The zero-order valence-electron chi connectivity index (χ0n) is 13.1. The molecule has 1 fully saturated rings. The van der Waals surface area contributed by atoms with Crippen LogP contribution in [-0.2, 0) is 4.79 Å². The van der Waals surface area contributed by atoms with E-state index in [1.807, 2.05) is 43.3 Å². The molecule has 1 N–H and O–H groups in total. The Kier molecular flexibility index (Phi) is 4.88. The Morgan fingerprint density at radius 1 is 1.17 bits per heavy atom. The predicted molar refractivity (Wildman–Crippen MR) is 95.3 cm³/mol. The van der Waals surface area contributed by atoms with Crippen molar-refractivity contribution in [3.63, 3.8) is 0 Å². The van der Waals surface area contributed by atoms with Crippen LogP contribution < -0.4 is 14.8 Å². The number of hydrogen-bond acceptors (Lipinski definition) is 3. The number of carbonyl (C=O) groups is 1. The summed E-state index contributed by atoms with van der Waals surface area (Å²) in [5, 5.41) is 2.82. The number of anilines is 1. The van der Waals surface area contributed by atoms with Crippen molar-refractivity contribution in [3.8, 4) is 17.2 Å². The van der Waals surface area contributed by atoms with Crippen molar-refractivity contribution in [3.05, 3.63) is 48.5 Å². The lowest BCUT2D eigenvalue weighted by Gasteiger charge is -2.13. The Labute approximate surface area is 150 Å². The highest BCUT2D eigenvalue weighted by molar-refractivity contribution is 6.52. The number of benzene rings is 2. The Balaban J connectivity index is 1.71. The first-order valence-corrected chi connectivity index (χ1v) is 8.43. The first-order valence-electron chi connectivity index (χ1n) is 7.68. The van der Waals surface area contributed by atoms with Crippen molar-refractivity contribution in [2.75, 3.05) is 11.9 Å². The summed E-state index contributed by atoms with van der Waals surface area (Å²) < 4.78 is 10.3. The molecular weight excluding hydrogens is 349 g/mol. The molecule has 1 amide bonds. The summed E-state index contributed by atoms with van der Waals surface area (Å²) in [5.74, 6) is 1.38. The lowest BCUT2D eigenvalue weighted by atomic mass is 10.2. The zero-order chi connectivity index (χ0) is 17.2. The van der Waals surface area contributed by atoms with Crippen molar-refractivity contribution in [1.29, 1.82) is 0 Å². The van der Waals surface area contributed by atoms with Gasteiger partial charge in [-0.3, -0.25) is 4.79 Å². The number of alkyl halides is 2. The molecule has 0 bridgehead atoms. The molecule has 1 atom stereocenters. The third kappa shape index (κ3) is 3.94. The second-order valence-electron chi connectivity index (χ2n) is 5.51. The molecule has 2 aromatic rings. The van der Waals surface area contributed by atoms with Gasteiger partial charge in [0.15, 0.2) is 5.75 Å². The van der Waals surface area contributed by atoms with E-state index in [0.29, 0.717) is 30.2 Å². The van der Waals surface area contributed by atoms with Gasteiger partial charge in [-0.1, -0.05) is 12.1 Å². The third-order valence-electron chi connectivity index (χ3n) is 3.65. The molecule has 1 unspecified atom stereocenters. The molecule has 3 rings (SSSR count). The first-order chi connectivity index (χ1) is 11.5. The number of carbonyl (C=O) groups excluding carboxylic acids is 1. The number of nitrogens with one attached hydrogen (secondary N) is 1. The number of ether oxygens (including phenoxy) is 2. The number of hydrogen-bond donors (Lipinski definition) is 1. The van der Waals surface area contributed by atoms with Crippen LogP contribution in [0.15, 0.2) is 48.5 Å². The standard InChI is InChI=1S/C18H17Cl2NO3/c1-2-23-12-7-9-13(10-8-12)24-16-6-4-3-5-15(16)21-17(22)14-11-18(14,19)20/h3-10,14H,2,11H2,1H3,(H,21,22). The summed E-state index contributed by atoms with van der Waals surface area (Å²) in [6, 6.07) is 14.5. The van der Waals surface area contributed by atoms with Gasteiger partial charge in [0, 0.05) is 0 Å². The predicted octanol–water partition coefficient (Wildman–Crippen LogP) is 5.01. The third-order valence-corrected chi connectivity index (χ3v) is 4.49. The average molecular weight is 366 g/mol. The lowest BCUT2D eigenvalue weighted by Crippen LogP contribution is -2.17. The number of para-hydroxylation sites is 2. The van der Waals surface area contributed by atoms with Crippen molar-refractivity contribution in [1.82, 2.24) is 0 Å². The normalized spacial score (nSPS) is 17.9. The van der Waals surface area contributed by atoms with Gasteiger partial charge in [0.05, 0.1) is 18.2 Å². The summed E-state index contributed by atoms with van der Waals surface area (Å²) in [4.78, 5) is 12.2. The molecule has 1 saturated carbocycles. The van der Waals surface area contributed by atoms with Gasteiger partial charge in [0.2, 0.25) is 5.91 Å². The summed E-state index contributed by atoms with van der Waals surface area (Å²) in [5.41, 5.74) is 0.576. The molecule has 24 heavy (non-hydrogen) atoms. The Morgan fingerprint density at radius 2 is 1.79 bits per heavy atom. The quantitative estimate of drug-likeness (QED) is 0.731. The maximum Gasteiger partial charge on any atom is 0.230 e. The highest BCUT2D eigenvalue weighted by Gasteiger charge is 2.56. The second-order valence-corrected chi connectivity index (χ2v) is 7.05. The molecule has 0 aromatic heterocycles. The highest BCUT2D eigenvalue weighted by Crippen LogP contribution is 2.53. The fraction of sp³-hybridized carbons (Fsp3) is 0.278. The maximum absolute atomic E-state index is 12.2. The van der Waals surface area contributed by atoms with Crippen LogP contribution in [0, 0.1) is 5.92 Å². The topological polar surface area (TPSA) is 47.6 Å². The first kappa shape index (κ1) is 16.9. The molecule has 0 spiro atoms. The molecule has 6 heteroatoms. The molecule has 0 aliphatic heterocycles. The van der Waals surface area contributed by atoms with Crippen molar-refractivity contribution >= 4 is 34.8 Å². The van der Waals surface area contributed by atoms with E-state index in [1.54, 1.807) is 12.1 Å². The number of rotatable bonds is 6. The molecule has 1 aliphatic carbocycles. The SMILES string of the molecule is CCOc1ccc(Oc2ccccc2NC(=O)C2CC2(Cl)Cl)cc1. The van der Waals surface area contributed by atoms with Crippen LogP contribution >= 0.6 is 23.2 Å². The van der Waals surface area contributed by atoms with Gasteiger partial charge in [-0.05, 0) is 49.7 Å². The van der Waals surface area contributed by atoms with Gasteiger partial charge in [0.25, 0.3) is 0 Å². The van der Waals surface area contributed by atoms with Crippen LogP contribution in [-0.4, -0.2) is 16.8 Å². The lowest BCUT2D eigenvalue weighted by molar-refractivity contribution is -0.117. The van der Waals surface area contributed by atoms with Crippen LogP contribution in [0.25, 0.3) is 0 Å². The number of amides is 1. The van der Waals surface area contributed by atoms with Gasteiger partial charge in [0.1, 0.15) is 15.8 Å². The van der Waals surface area contributed by atoms with E-state index in [0.717, 1.165) is 5.75 Å². The molecule has 4 nitrogen and oxygen atoms in total. The summed E-state index contributed by atoms with van der Waals surface area (Å²) >= 11 is 11.9. The average Bonchev–Trinajstić information content (AvgIpc) is 3.20. The zero-order valence-corrected chi connectivity index (χ0v) is 14.6. The van der Waals surface area contributed by atoms with Crippen LogP contribution in [0.4, 0.5) is 5.69 Å². The minimum Gasteiger partial charge on any atom is -0.494 e. The Bertz CT molecular complexity index is 731. The van der Waals surface area contributed by atoms with E-state index < -0.39 is 4.33 Å². The maximum atomic E-state index is 12.2. The van der Waals surface area contributed by atoms with Crippen LogP contribution in [0.3, 0.4) is 0 Å². The Morgan fingerprint density at radius 3 is 2.42 bits per heavy atom. The van der Waals surface area contributed by atoms with Gasteiger partial charge in [-0.15, -0.1) is 23.2 Å². The fourth-order valence-corrected chi connectivity index (χ4v) is 2.78. The van der Waals surface area contributed by atoms with E-state index in [9.17, 15) is 4.79 Å². The second kappa shape index (κ2) is 6.91.